The Morgan fingerprint density at radius 3 is 2.58 bits per heavy atom. The van der Waals surface area contributed by atoms with E-state index in [2.05, 4.69) is 17.1 Å². The number of nitrogens with one attached hydrogen (secondary N) is 1. The number of carbonyl (C=O) groups excluding carboxylic acids is 1. The fourth-order valence-corrected chi connectivity index (χ4v) is 4.92. The lowest BCUT2D eigenvalue weighted by Gasteiger charge is -2.63. The molecule has 0 radical (unpaired) electrons. The first-order chi connectivity index (χ1) is 12.7. The zero-order chi connectivity index (χ0) is 18.0. The summed E-state index contributed by atoms with van der Waals surface area (Å²) in [6.45, 7) is 8.35. The Labute approximate surface area is 157 Å². The predicted molar refractivity (Wildman–Crippen MR) is 100 cm³/mol. The van der Waals surface area contributed by atoms with E-state index in [1.807, 2.05) is 4.90 Å². The highest BCUT2D eigenvalue weighted by Gasteiger charge is 2.57. The third-order valence-corrected chi connectivity index (χ3v) is 6.84. The third kappa shape index (κ3) is 3.73. The lowest BCUT2D eigenvalue weighted by Crippen LogP contribution is -2.76. The zero-order valence-corrected chi connectivity index (χ0v) is 16.3. The summed E-state index contributed by atoms with van der Waals surface area (Å²) >= 11 is 0. The number of ether oxygens (including phenoxy) is 2. The van der Waals surface area contributed by atoms with Gasteiger partial charge >= 0.3 is 6.03 Å². The predicted octanol–water partition coefficient (Wildman–Crippen LogP) is 2.23. The number of carbonyl (C=O) groups is 1. The fourth-order valence-electron chi connectivity index (χ4n) is 4.92. The minimum Gasteiger partial charge on any atom is -0.381 e. The molecule has 4 rings (SSSR count). The monoisotopic (exact) mass is 365 g/mol. The Balaban J connectivity index is 1.31. The molecule has 6 heteroatoms. The molecule has 1 atom stereocenters. The van der Waals surface area contributed by atoms with E-state index < -0.39 is 0 Å². The summed E-state index contributed by atoms with van der Waals surface area (Å²) in [4.78, 5) is 16.9. The number of amides is 2. The minimum absolute atomic E-state index is 0.111. The normalized spacial score (nSPS) is 29.6. The van der Waals surface area contributed by atoms with Gasteiger partial charge in [0.25, 0.3) is 0 Å². The number of nitrogens with zero attached hydrogens (tertiary/aromatic N) is 2. The van der Waals surface area contributed by atoms with Crippen molar-refractivity contribution in [1.29, 1.82) is 0 Å². The molecule has 148 valence electrons. The van der Waals surface area contributed by atoms with E-state index in [4.69, 9.17) is 9.47 Å². The van der Waals surface area contributed by atoms with Crippen molar-refractivity contribution in [2.24, 2.45) is 5.92 Å². The SMILES string of the molecule is CCCNC(=O)N1CCC(N2CC(OCC3CC3)C23CCOCC3)CC1. The molecule has 2 amide bonds. The van der Waals surface area contributed by atoms with Crippen LogP contribution in [0.4, 0.5) is 4.79 Å². The highest BCUT2D eigenvalue weighted by Crippen LogP contribution is 2.45. The lowest BCUT2D eigenvalue weighted by molar-refractivity contribution is -0.217. The maximum absolute atomic E-state index is 12.2. The second-order valence-corrected chi connectivity index (χ2v) is 8.58. The van der Waals surface area contributed by atoms with Crippen molar-refractivity contribution >= 4 is 6.03 Å². The molecule has 1 unspecified atom stereocenters. The summed E-state index contributed by atoms with van der Waals surface area (Å²) in [5.74, 6) is 0.825. The van der Waals surface area contributed by atoms with Gasteiger partial charge in [-0.05, 0) is 50.9 Å². The number of hydrogen-bond acceptors (Lipinski definition) is 4. The molecule has 26 heavy (non-hydrogen) atoms. The molecule has 4 aliphatic rings. The first kappa shape index (κ1) is 18.5. The average molecular weight is 366 g/mol. The van der Waals surface area contributed by atoms with Crippen LogP contribution in [0, 0.1) is 5.92 Å². The van der Waals surface area contributed by atoms with E-state index in [0.29, 0.717) is 12.1 Å². The van der Waals surface area contributed by atoms with Crippen molar-refractivity contribution in [2.45, 2.75) is 69.6 Å². The fraction of sp³-hybridized carbons (Fsp3) is 0.950. The van der Waals surface area contributed by atoms with E-state index in [1.165, 1.54) is 12.8 Å². The van der Waals surface area contributed by atoms with E-state index >= 15 is 0 Å². The lowest BCUT2D eigenvalue weighted by atomic mass is 9.73. The minimum atomic E-state index is 0.111. The van der Waals surface area contributed by atoms with Crippen molar-refractivity contribution in [3.63, 3.8) is 0 Å². The number of urea groups is 1. The van der Waals surface area contributed by atoms with Crippen LogP contribution >= 0.6 is 0 Å². The van der Waals surface area contributed by atoms with Gasteiger partial charge < -0.3 is 19.7 Å². The van der Waals surface area contributed by atoms with E-state index in [-0.39, 0.29) is 11.6 Å². The van der Waals surface area contributed by atoms with Gasteiger partial charge in [0, 0.05) is 52.0 Å². The van der Waals surface area contributed by atoms with Crippen LogP contribution in [-0.4, -0.2) is 79.5 Å². The molecule has 0 bridgehead atoms. The Hall–Kier alpha value is -0.850. The van der Waals surface area contributed by atoms with Gasteiger partial charge in [-0.2, -0.15) is 0 Å². The molecule has 3 aliphatic heterocycles. The molecule has 6 nitrogen and oxygen atoms in total. The molecule has 1 spiro atoms. The van der Waals surface area contributed by atoms with E-state index in [1.54, 1.807) is 0 Å². The van der Waals surface area contributed by atoms with Crippen molar-refractivity contribution in [2.75, 3.05) is 46.0 Å². The van der Waals surface area contributed by atoms with Crippen molar-refractivity contribution in [3.05, 3.63) is 0 Å². The van der Waals surface area contributed by atoms with Gasteiger partial charge in [-0.1, -0.05) is 6.92 Å². The molecule has 4 fully saturated rings. The van der Waals surface area contributed by atoms with E-state index in [9.17, 15) is 4.79 Å². The van der Waals surface area contributed by atoms with Crippen LogP contribution in [0.5, 0.6) is 0 Å². The van der Waals surface area contributed by atoms with Crippen molar-refractivity contribution < 1.29 is 14.3 Å². The summed E-state index contributed by atoms with van der Waals surface area (Å²) in [6, 6.07) is 0.699. The highest BCUT2D eigenvalue weighted by molar-refractivity contribution is 5.74. The Bertz CT molecular complexity index is 483. The van der Waals surface area contributed by atoms with Crippen LogP contribution in [-0.2, 0) is 9.47 Å². The average Bonchev–Trinajstić information content (AvgIpc) is 3.50. The zero-order valence-electron chi connectivity index (χ0n) is 16.3. The third-order valence-electron chi connectivity index (χ3n) is 6.84. The van der Waals surface area contributed by atoms with Gasteiger partial charge in [-0.3, -0.25) is 4.90 Å². The van der Waals surface area contributed by atoms with Crippen LogP contribution in [0.1, 0.15) is 51.9 Å². The standard InChI is InChI=1S/C20H35N3O3/c1-2-9-21-19(24)22-10-5-17(6-11-22)23-14-18(26-15-16-3-4-16)20(23)7-12-25-13-8-20/h16-18H,2-15H2,1H3,(H,21,24). The largest absolute Gasteiger partial charge is 0.381 e. The molecule has 1 saturated carbocycles. The van der Waals surface area contributed by atoms with Gasteiger partial charge in [0.2, 0.25) is 0 Å². The quantitative estimate of drug-likeness (QED) is 0.784. The Morgan fingerprint density at radius 1 is 1.19 bits per heavy atom. The number of rotatable bonds is 6. The van der Waals surface area contributed by atoms with Crippen molar-refractivity contribution in [3.8, 4) is 0 Å². The first-order valence-corrected chi connectivity index (χ1v) is 10.7. The van der Waals surface area contributed by atoms with Gasteiger partial charge in [0.15, 0.2) is 0 Å². The summed E-state index contributed by atoms with van der Waals surface area (Å²) in [6.07, 6.45) is 8.44. The van der Waals surface area contributed by atoms with Gasteiger partial charge in [0.1, 0.15) is 0 Å². The Morgan fingerprint density at radius 2 is 1.92 bits per heavy atom. The summed E-state index contributed by atoms with van der Waals surface area (Å²) in [5, 5.41) is 3.01. The second-order valence-electron chi connectivity index (χ2n) is 8.58. The molecule has 3 saturated heterocycles. The number of likely N-dealkylation sites (tertiary alicyclic amines) is 2. The molecule has 1 N–H and O–H groups in total. The van der Waals surface area contributed by atoms with Crippen LogP contribution in [0.15, 0.2) is 0 Å². The van der Waals surface area contributed by atoms with Gasteiger partial charge in [-0.25, -0.2) is 4.79 Å². The van der Waals surface area contributed by atoms with Crippen LogP contribution in [0.2, 0.25) is 0 Å². The molecular weight excluding hydrogens is 330 g/mol. The first-order valence-electron chi connectivity index (χ1n) is 10.7. The van der Waals surface area contributed by atoms with Crippen LogP contribution in [0.3, 0.4) is 0 Å². The van der Waals surface area contributed by atoms with Gasteiger partial charge in [0.05, 0.1) is 11.6 Å². The molecule has 1 aliphatic carbocycles. The highest BCUT2D eigenvalue weighted by atomic mass is 16.5. The summed E-state index contributed by atoms with van der Waals surface area (Å²) < 4.78 is 12.0. The molecule has 0 aromatic carbocycles. The molecule has 3 heterocycles. The Kier molecular flexibility index (Phi) is 5.72. The molecular formula is C20H35N3O3. The number of hydrogen-bond donors (Lipinski definition) is 1. The van der Waals surface area contributed by atoms with Crippen LogP contribution < -0.4 is 5.32 Å². The maximum Gasteiger partial charge on any atom is 0.317 e. The topological polar surface area (TPSA) is 54.0 Å². The van der Waals surface area contributed by atoms with Gasteiger partial charge in [-0.15, -0.1) is 0 Å². The van der Waals surface area contributed by atoms with Crippen molar-refractivity contribution in [1.82, 2.24) is 15.1 Å². The second kappa shape index (κ2) is 8.03. The maximum atomic E-state index is 12.2. The summed E-state index contributed by atoms with van der Waals surface area (Å²) in [5.41, 5.74) is 0.199. The smallest absolute Gasteiger partial charge is 0.317 e. The molecule has 0 aromatic rings. The van der Waals surface area contributed by atoms with Crippen LogP contribution in [0.25, 0.3) is 0 Å². The van der Waals surface area contributed by atoms with E-state index in [0.717, 1.165) is 84.0 Å². The summed E-state index contributed by atoms with van der Waals surface area (Å²) in [7, 11) is 0. The molecule has 0 aromatic heterocycles. The number of piperidine rings is 1.